The molecular formula is C14H12FN3O. The minimum atomic E-state index is -0.334. The number of hydrogen-bond donors (Lipinski definition) is 2. The van der Waals surface area contributed by atoms with Crippen molar-refractivity contribution >= 4 is 17.6 Å². The van der Waals surface area contributed by atoms with E-state index < -0.39 is 0 Å². The smallest absolute Gasteiger partial charge is 0.167 e. The monoisotopic (exact) mass is 257 g/mol. The van der Waals surface area contributed by atoms with Crippen LogP contribution in [0.3, 0.4) is 0 Å². The van der Waals surface area contributed by atoms with Crippen molar-refractivity contribution in [3.05, 3.63) is 59.4 Å². The molecule has 0 radical (unpaired) electrons. The molecule has 0 aliphatic carbocycles. The summed E-state index contributed by atoms with van der Waals surface area (Å²) < 4.78 is 12.8. The molecule has 96 valence electrons. The summed E-state index contributed by atoms with van der Waals surface area (Å²) in [7, 11) is 0. The summed E-state index contributed by atoms with van der Waals surface area (Å²) in [6.07, 6.45) is 3.72. The van der Waals surface area contributed by atoms with E-state index in [2.05, 4.69) is 9.97 Å². The van der Waals surface area contributed by atoms with Gasteiger partial charge in [-0.3, -0.25) is 4.79 Å². The highest BCUT2D eigenvalue weighted by molar-refractivity contribution is 6.09. The fraction of sp³-hybridized carbons (Fsp3) is 0.0714. The number of hydrogen-bond acceptors (Lipinski definition) is 3. The third-order valence-electron chi connectivity index (χ3n) is 2.61. The van der Waals surface area contributed by atoms with Crippen LogP contribution >= 0.6 is 0 Å². The zero-order valence-corrected chi connectivity index (χ0v) is 10.3. The fourth-order valence-corrected chi connectivity index (χ4v) is 1.59. The van der Waals surface area contributed by atoms with Crippen LogP contribution in [-0.2, 0) is 0 Å². The first-order valence-electron chi connectivity index (χ1n) is 5.63. The SMILES string of the molecule is C/C(=C/C(=N)c1ccc(F)cc1)c1ncc(C=O)[nH]1. The second-order valence-corrected chi connectivity index (χ2v) is 4.05. The lowest BCUT2D eigenvalue weighted by Crippen LogP contribution is -1.96. The summed E-state index contributed by atoms with van der Waals surface area (Å²) in [5.41, 5.74) is 1.97. The molecule has 0 atom stereocenters. The van der Waals surface area contributed by atoms with E-state index in [1.807, 2.05) is 0 Å². The highest BCUT2D eigenvalue weighted by Crippen LogP contribution is 2.12. The third kappa shape index (κ3) is 3.01. The van der Waals surface area contributed by atoms with Crippen LogP contribution in [0, 0.1) is 11.2 Å². The summed E-state index contributed by atoms with van der Waals surface area (Å²) >= 11 is 0. The first-order chi connectivity index (χ1) is 9.10. The molecule has 0 unspecified atom stereocenters. The lowest BCUT2D eigenvalue weighted by Gasteiger charge is -2.01. The van der Waals surface area contributed by atoms with Gasteiger partial charge in [-0.2, -0.15) is 0 Å². The number of benzene rings is 1. The number of imidazole rings is 1. The van der Waals surface area contributed by atoms with Crippen LogP contribution < -0.4 is 0 Å². The summed E-state index contributed by atoms with van der Waals surface area (Å²) in [6.45, 7) is 1.78. The average Bonchev–Trinajstić information content (AvgIpc) is 2.88. The van der Waals surface area contributed by atoms with Gasteiger partial charge < -0.3 is 10.4 Å². The predicted octanol–water partition coefficient (Wildman–Crippen LogP) is 2.83. The van der Waals surface area contributed by atoms with Crippen LogP contribution in [0.4, 0.5) is 4.39 Å². The van der Waals surface area contributed by atoms with Crippen molar-refractivity contribution in [2.75, 3.05) is 0 Å². The van der Waals surface area contributed by atoms with Gasteiger partial charge in [0.25, 0.3) is 0 Å². The average molecular weight is 257 g/mol. The number of nitrogens with one attached hydrogen (secondary N) is 2. The topological polar surface area (TPSA) is 69.6 Å². The van der Waals surface area contributed by atoms with Crippen molar-refractivity contribution in [1.82, 2.24) is 9.97 Å². The van der Waals surface area contributed by atoms with Gasteiger partial charge in [0.1, 0.15) is 11.6 Å². The summed E-state index contributed by atoms with van der Waals surface area (Å²) in [4.78, 5) is 17.4. The van der Waals surface area contributed by atoms with Crippen LogP contribution in [-0.4, -0.2) is 22.0 Å². The van der Waals surface area contributed by atoms with Gasteiger partial charge in [-0.1, -0.05) is 0 Å². The number of carbonyl (C=O) groups excluding carboxylic acids is 1. The molecule has 1 heterocycles. The van der Waals surface area contributed by atoms with E-state index in [1.54, 1.807) is 25.1 Å². The van der Waals surface area contributed by atoms with Crippen molar-refractivity contribution in [3.63, 3.8) is 0 Å². The maximum atomic E-state index is 12.8. The number of aromatic amines is 1. The Balaban J connectivity index is 2.22. The quantitative estimate of drug-likeness (QED) is 0.653. The number of carbonyl (C=O) groups is 1. The molecule has 0 aliphatic rings. The Morgan fingerprint density at radius 2 is 2.05 bits per heavy atom. The van der Waals surface area contributed by atoms with Crippen LogP contribution in [0.25, 0.3) is 5.57 Å². The van der Waals surface area contributed by atoms with Crippen molar-refractivity contribution in [2.45, 2.75) is 6.92 Å². The van der Waals surface area contributed by atoms with Gasteiger partial charge in [0.15, 0.2) is 6.29 Å². The molecule has 5 heteroatoms. The predicted molar refractivity (Wildman–Crippen MR) is 70.9 cm³/mol. The molecule has 0 saturated carbocycles. The largest absolute Gasteiger partial charge is 0.336 e. The molecule has 0 saturated heterocycles. The molecule has 0 spiro atoms. The van der Waals surface area contributed by atoms with Crippen LogP contribution in [0.2, 0.25) is 0 Å². The number of rotatable bonds is 4. The van der Waals surface area contributed by atoms with Gasteiger partial charge in [0, 0.05) is 0 Å². The van der Waals surface area contributed by atoms with Crippen LogP contribution in [0.5, 0.6) is 0 Å². The van der Waals surface area contributed by atoms with Gasteiger partial charge in [-0.05, 0) is 48.4 Å². The summed E-state index contributed by atoms with van der Waals surface area (Å²) in [6, 6.07) is 5.70. The van der Waals surface area contributed by atoms with Gasteiger partial charge in [-0.15, -0.1) is 0 Å². The molecule has 0 amide bonds. The normalized spacial score (nSPS) is 11.4. The minimum Gasteiger partial charge on any atom is -0.336 e. The highest BCUT2D eigenvalue weighted by atomic mass is 19.1. The Morgan fingerprint density at radius 1 is 1.37 bits per heavy atom. The fourth-order valence-electron chi connectivity index (χ4n) is 1.59. The number of allylic oxidation sites excluding steroid dienone is 2. The number of aldehydes is 1. The second kappa shape index (κ2) is 5.39. The van der Waals surface area contributed by atoms with E-state index in [4.69, 9.17) is 5.41 Å². The zero-order valence-electron chi connectivity index (χ0n) is 10.3. The standard InChI is InChI=1S/C14H12FN3O/c1-9(14-17-7-12(8-19)18-14)6-13(16)10-2-4-11(15)5-3-10/h2-8,16H,1H3,(H,17,18)/b9-6-,16-13?. The summed E-state index contributed by atoms with van der Waals surface area (Å²) in [5.74, 6) is 0.202. The first kappa shape index (κ1) is 12.9. The lowest BCUT2D eigenvalue weighted by atomic mass is 10.1. The number of halogens is 1. The first-order valence-corrected chi connectivity index (χ1v) is 5.63. The third-order valence-corrected chi connectivity index (χ3v) is 2.61. The van der Waals surface area contributed by atoms with Gasteiger partial charge in [0.05, 0.1) is 17.6 Å². The van der Waals surface area contributed by atoms with Crippen molar-refractivity contribution < 1.29 is 9.18 Å². The molecule has 2 aromatic rings. The molecule has 4 nitrogen and oxygen atoms in total. The molecule has 2 N–H and O–H groups in total. The highest BCUT2D eigenvalue weighted by Gasteiger charge is 2.04. The van der Waals surface area contributed by atoms with E-state index >= 15 is 0 Å². The van der Waals surface area contributed by atoms with E-state index in [0.29, 0.717) is 23.4 Å². The zero-order chi connectivity index (χ0) is 13.8. The van der Waals surface area contributed by atoms with E-state index in [0.717, 1.165) is 5.57 Å². The van der Waals surface area contributed by atoms with E-state index in [1.165, 1.54) is 18.3 Å². The van der Waals surface area contributed by atoms with Gasteiger partial charge in [-0.25, -0.2) is 9.37 Å². The Morgan fingerprint density at radius 3 is 2.63 bits per heavy atom. The van der Waals surface area contributed by atoms with E-state index in [9.17, 15) is 9.18 Å². The lowest BCUT2D eigenvalue weighted by molar-refractivity contribution is 0.111. The second-order valence-electron chi connectivity index (χ2n) is 4.05. The Labute approximate surface area is 109 Å². The summed E-state index contributed by atoms with van der Waals surface area (Å²) in [5, 5.41) is 7.92. The van der Waals surface area contributed by atoms with E-state index in [-0.39, 0.29) is 11.5 Å². The molecular weight excluding hydrogens is 245 g/mol. The molecule has 1 aromatic carbocycles. The van der Waals surface area contributed by atoms with Crippen molar-refractivity contribution in [1.29, 1.82) is 5.41 Å². The number of nitrogens with zero attached hydrogens (tertiary/aromatic N) is 1. The molecule has 19 heavy (non-hydrogen) atoms. The Hall–Kier alpha value is -2.56. The maximum Gasteiger partial charge on any atom is 0.167 e. The van der Waals surface area contributed by atoms with Crippen molar-refractivity contribution in [2.24, 2.45) is 0 Å². The molecule has 0 bridgehead atoms. The number of H-pyrrole nitrogens is 1. The minimum absolute atomic E-state index is 0.251. The van der Waals surface area contributed by atoms with Crippen LogP contribution in [0.1, 0.15) is 28.8 Å². The maximum absolute atomic E-state index is 12.8. The number of aromatic nitrogens is 2. The molecule has 1 aromatic heterocycles. The molecule has 0 fully saturated rings. The Kier molecular flexibility index (Phi) is 3.66. The van der Waals surface area contributed by atoms with Gasteiger partial charge >= 0.3 is 0 Å². The van der Waals surface area contributed by atoms with Gasteiger partial charge in [0.2, 0.25) is 0 Å². The van der Waals surface area contributed by atoms with Crippen molar-refractivity contribution in [3.8, 4) is 0 Å². The van der Waals surface area contributed by atoms with Crippen LogP contribution in [0.15, 0.2) is 36.5 Å². The molecule has 0 aliphatic heterocycles. The Bertz CT molecular complexity index is 641. The molecule has 2 rings (SSSR count).